The zero-order chi connectivity index (χ0) is 21.3. The van der Waals surface area contributed by atoms with Crippen LogP contribution in [0.25, 0.3) is 10.9 Å². The van der Waals surface area contributed by atoms with Crippen molar-refractivity contribution in [3.05, 3.63) is 54.7 Å². The molecule has 0 radical (unpaired) electrons. The summed E-state index contributed by atoms with van der Waals surface area (Å²) in [6, 6.07) is 13.9. The summed E-state index contributed by atoms with van der Waals surface area (Å²) >= 11 is 0. The van der Waals surface area contributed by atoms with Gasteiger partial charge in [-0.05, 0) is 36.4 Å². The van der Waals surface area contributed by atoms with Gasteiger partial charge in [-0.3, -0.25) is 0 Å². The highest BCUT2D eigenvalue weighted by Crippen LogP contribution is 2.24. The number of methoxy groups -OCH3 is 1. The Morgan fingerprint density at radius 2 is 1.80 bits per heavy atom. The number of piperazine rings is 1. The van der Waals surface area contributed by atoms with Crippen molar-refractivity contribution < 1.29 is 17.9 Å². The van der Waals surface area contributed by atoms with Crippen LogP contribution in [0.15, 0.2) is 59.6 Å². The summed E-state index contributed by atoms with van der Waals surface area (Å²) < 4.78 is 34.7. The van der Waals surface area contributed by atoms with Crippen LogP contribution in [0, 0.1) is 0 Å². The van der Waals surface area contributed by atoms with Crippen molar-refractivity contribution in [1.29, 1.82) is 0 Å². The molecule has 0 atom stereocenters. The number of benzene rings is 2. The molecule has 2 heterocycles. The van der Waals surface area contributed by atoms with Gasteiger partial charge in [0, 0.05) is 62.1 Å². The predicted molar refractivity (Wildman–Crippen MR) is 115 cm³/mol. The van der Waals surface area contributed by atoms with E-state index >= 15 is 0 Å². The molecule has 9 heteroatoms. The number of nitrogens with zero attached hydrogens (tertiary/aromatic N) is 3. The molecule has 1 N–H and O–H groups in total. The number of rotatable bonds is 4. The molecule has 1 fully saturated rings. The number of hydrogen-bond donors (Lipinski definition) is 1. The number of amides is 2. The van der Waals surface area contributed by atoms with Crippen molar-refractivity contribution in [3.63, 3.8) is 0 Å². The van der Waals surface area contributed by atoms with Gasteiger partial charge in [-0.25, -0.2) is 13.2 Å². The fourth-order valence-corrected chi connectivity index (χ4v) is 5.06. The molecular formula is C21H24N4O4S. The van der Waals surface area contributed by atoms with Gasteiger partial charge in [0.1, 0.15) is 5.75 Å². The van der Waals surface area contributed by atoms with Crippen LogP contribution in [0.2, 0.25) is 0 Å². The van der Waals surface area contributed by atoms with Gasteiger partial charge in [0.15, 0.2) is 0 Å². The van der Waals surface area contributed by atoms with Crippen LogP contribution in [-0.4, -0.2) is 61.5 Å². The van der Waals surface area contributed by atoms with Gasteiger partial charge in [0.25, 0.3) is 0 Å². The molecule has 0 bridgehead atoms. The molecular weight excluding hydrogens is 404 g/mol. The number of ether oxygens (including phenoxy) is 1. The SMILES string of the molecule is COc1cccc(NC(=O)N2CCN(S(=O)(=O)c3ccc4c(ccn4C)c3)CC2)c1. The maximum Gasteiger partial charge on any atom is 0.321 e. The van der Waals surface area contributed by atoms with E-state index in [1.807, 2.05) is 29.9 Å². The zero-order valence-electron chi connectivity index (χ0n) is 16.9. The fourth-order valence-electron chi connectivity index (χ4n) is 3.60. The minimum Gasteiger partial charge on any atom is -0.497 e. The van der Waals surface area contributed by atoms with E-state index in [-0.39, 0.29) is 24.0 Å². The Hall–Kier alpha value is -3.04. The summed E-state index contributed by atoms with van der Waals surface area (Å²) in [6.45, 7) is 1.15. The summed E-state index contributed by atoms with van der Waals surface area (Å²) in [5.41, 5.74) is 1.61. The first-order valence-electron chi connectivity index (χ1n) is 9.64. The second-order valence-corrected chi connectivity index (χ2v) is 9.14. The zero-order valence-corrected chi connectivity index (χ0v) is 17.7. The predicted octanol–water partition coefficient (Wildman–Crippen LogP) is 2.73. The van der Waals surface area contributed by atoms with Crippen molar-refractivity contribution in [3.8, 4) is 5.75 Å². The van der Waals surface area contributed by atoms with Crippen LogP contribution in [0.5, 0.6) is 5.75 Å². The molecule has 1 aromatic heterocycles. The van der Waals surface area contributed by atoms with Gasteiger partial charge in [0.05, 0.1) is 12.0 Å². The Bertz CT molecular complexity index is 1180. The van der Waals surface area contributed by atoms with E-state index < -0.39 is 10.0 Å². The van der Waals surface area contributed by atoms with E-state index in [0.717, 1.165) is 10.9 Å². The largest absolute Gasteiger partial charge is 0.497 e. The lowest BCUT2D eigenvalue weighted by Crippen LogP contribution is -2.51. The first kappa shape index (κ1) is 20.2. The normalized spacial score (nSPS) is 15.3. The van der Waals surface area contributed by atoms with Crippen LogP contribution in [0.3, 0.4) is 0 Å². The number of hydrogen-bond acceptors (Lipinski definition) is 4. The van der Waals surface area contributed by atoms with E-state index in [1.165, 1.54) is 4.31 Å². The molecule has 30 heavy (non-hydrogen) atoms. The molecule has 2 aromatic carbocycles. The third-order valence-electron chi connectivity index (χ3n) is 5.34. The number of sulfonamides is 1. The molecule has 8 nitrogen and oxygen atoms in total. The number of fused-ring (bicyclic) bond motifs is 1. The summed E-state index contributed by atoms with van der Waals surface area (Å²) in [5, 5.41) is 3.71. The quantitative estimate of drug-likeness (QED) is 0.693. The third kappa shape index (κ3) is 3.86. The van der Waals surface area contributed by atoms with E-state index in [1.54, 1.807) is 48.4 Å². The summed E-state index contributed by atoms with van der Waals surface area (Å²) in [5.74, 6) is 0.652. The average molecular weight is 429 g/mol. The lowest BCUT2D eigenvalue weighted by Gasteiger charge is -2.34. The fraction of sp³-hybridized carbons (Fsp3) is 0.286. The van der Waals surface area contributed by atoms with Crippen molar-refractivity contribution in [2.24, 2.45) is 7.05 Å². The van der Waals surface area contributed by atoms with Crippen LogP contribution >= 0.6 is 0 Å². The van der Waals surface area contributed by atoms with Crippen molar-refractivity contribution in [2.45, 2.75) is 4.90 Å². The number of aromatic nitrogens is 1. The Labute approximate surface area is 175 Å². The molecule has 158 valence electrons. The van der Waals surface area contributed by atoms with E-state index in [9.17, 15) is 13.2 Å². The van der Waals surface area contributed by atoms with Gasteiger partial charge in [-0.1, -0.05) is 6.07 Å². The monoisotopic (exact) mass is 428 g/mol. The van der Waals surface area contributed by atoms with E-state index in [0.29, 0.717) is 24.5 Å². The standard InChI is InChI=1S/C21H24N4O4S/c1-23-9-8-16-14-19(6-7-20(16)23)30(27,28)25-12-10-24(11-13-25)21(26)22-17-4-3-5-18(15-17)29-2/h3-9,14-15H,10-13H2,1-2H3,(H,22,26). The maximum absolute atomic E-state index is 13.1. The molecule has 1 aliphatic rings. The smallest absolute Gasteiger partial charge is 0.321 e. The van der Waals surface area contributed by atoms with Gasteiger partial charge >= 0.3 is 6.03 Å². The first-order valence-corrected chi connectivity index (χ1v) is 11.1. The lowest BCUT2D eigenvalue weighted by molar-refractivity contribution is 0.184. The number of anilines is 1. The molecule has 0 spiro atoms. The Balaban J connectivity index is 1.42. The summed E-state index contributed by atoms with van der Waals surface area (Å²) in [6.07, 6.45) is 1.90. The van der Waals surface area contributed by atoms with Gasteiger partial charge in [-0.2, -0.15) is 4.31 Å². The molecule has 0 saturated carbocycles. The molecule has 3 aromatic rings. The van der Waals surface area contributed by atoms with Crippen LogP contribution in [-0.2, 0) is 17.1 Å². The second-order valence-electron chi connectivity index (χ2n) is 7.20. The van der Waals surface area contributed by atoms with Crippen molar-refractivity contribution >= 4 is 32.6 Å². The highest BCUT2D eigenvalue weighted by molar-refractivity contribution is 7.89. The molecule has 1 saturated heterocycles. The topological polar surface area (TPSA) is 83.9 Å². The minimum atomic E-state index is -3.61. The molecule has 1 aliphatic heterocycles. The Morgan fingerprint density at radius 1 is 1.03 bits per heavy atom. The summed E-state index contributed by atoms with van der Waals surface area (Å²) in [7, 11) is -0.124. The van der Waals surface area contributed by atoms with Crippen LogP contribution < -0.4 is 10.1 Å². The van der Waals surface area contributed by atoms with Crippen LogP contribution in [0.4, 0.5) is 10.5 Å². The molecule has 2 amide bonds. The number of nitrogens with one attached hydrogen (secondary N) is 1. The number of urea groups is 1. The maximum atomic E-state index is 13.1. The number of aryl methyl sites for hydroxylation is 1. The van der Waals surface area contributed by atoms with E-state index in [2.05, 4.69) is 5.32 Å². The Morgan fingerprint density at radius 3 is 2.53 bits per heavy atom. The average Bonchev–Trinajstić information content (AvgIpc) is 3.14. The Kier molecular flexibility index (Phi) is 5.40. The van der Waals surface area contributed by atoms with Gasteiger partial charge in [-0.15, -0.1) is 0 Å². The molecule has 0 aliphatic carbocycles. The molecule has 0 unspecified atom stereocenters. The number of carbonyl (C=O) groups is 1. The first-order chi connectivity index (χ1) is 14.4. The second kappa shape index (κ2) is 8.00. The summed E-state index contributed by atoms with van der Waals surface area (Å²) in [4.78, 5) is 14.4. The van der Waals surface area contributed by atoms with Crippen LogP contribution in [0.1, 0.15) is 0 Å². The lowest BCUT2D eigenvalue weighted by atomic mass is 10.2. The highest BCUT2D eigenvalue weighted by Gasteiger charge is 2.30. The third-order valence-corrected chi connectivity index (χ3v) is 7.24. The van der Waals surface area contributed by atoms with Crippen molar-refractivity contribution in [1.82, 2.24) is 13.8 Å². The van der Waals surface area contributed by atoms with Gasteiger partial charge in [0.2, 0.25) is 10.0 Å². The minimum absolute atomic E-state index is 0.251. The number of carbonyl (C=O) groups excluding carboxylic acids is 1. The molecule has 4 rings (SSSR count). The highest BCUT2D eigenvalue weighted by atomic mass is 32.2. The van der Waals surface area contributed by atoms with E-state index in [4.69, 9.17) is 4.74 Å². The van der Waals surface area contributed by atoms with Crippen molar-refractivity contribution in [2.75, 3.05) is 38.6 Å². The van der Waals surface area contributed by atoms with Gasteiger partial charge < -0.3 is 19.5 Å².